The molecule has 0 saturated heterocycles. The second-order valence-electron chi connectivity index (χ2n) is 7.28. The van der Waals surface area contributed by atoms with Gasteiger partial charge in [0.1, 0.15) is 0 Å². The third-order valence-corrected chi connectivity index (χ3v) is 5.66. The van der Waals surface area contributed by atoms with Crippen molar-refractivity contribution in [3.63, 3.8) is 0 Å². The van der Waals surface area contributed by atoms with Crippen LogP contribution in [-0.2, 0) is 0 Å². The summed E-state index contributed by atoms with van der Waals surface area (Å²) in [6.45, 7) is 11.1. The number of hydrogen-bond acceptors (Lipinski definition) is 0. The van der Waals surface area contributed by atoms with E-state index in [9.17, 15) is 0 Å². The molecule has 3 unspecified atom stereocenters. The summed E-state index contributed by atoms with van der Waals surface area (Å²) in [6.07, 6.45) is 12.3. The van der Waals surface area contributed by atoms with Gasteiger partial charge in [-0.1, -0.05) is 39.7 Å². The van der Waals surface area contributed by atoms with Gasteiger partial charge in [0, 0.05) is 0 Å². The summed E-state index contributed by atoms with van der Waals surface area (Å²) in [5, 5.41) is 0. The van der Waals surface area contributed by atoms with E-state index in [-0.39, 0.29) is 0 Å². The van der Waals surface area contributed by atoms with Crippen LogP contribution >= 0.6 is 0 Å². The van der Waals surface area contributed by atoms with E-state index >= 15 is 0 Å². The van der Waals surface area contributed by atoms with Crippen LogP contribution in [0, 0.1) is 35.5 Å². The molecule has 2 aliphatic rings. The molecule has 0 aromatic carbocycles. The zero-order valence-electron chi connectivity index (χ0n) is 12.7. The minimum absolute atomic E-state index is 0.921. The fourth-order valence-electron chi connectivity index (χ4n) is 4.25. The van der Waals surface area contributed by atoms with Gasteiger partial charge in [0.05, 0.1) is 0 Å². The van der Waals surface area contributed by atoms with Gasteiger partial charge in [-0.3, -0.25) is 0 Å². The summed E-state index contributed by atoms with van der Waals surface area (Å²) in [4.78, 5) is 0. The largest absolute Gasteiger partial charge is 0.103 e. The lowest BCUT2D eigenvalue weighted by atomic mass is 9.70. The van der Waals surface area contributed by atoms with Gasteiger partial charge in [-0.25, -0.2) is 0 Å². The standard InChI is InChI=1S/C18H32/c1-5-7-14-10-15(11-14)8-9-16(6-2)18-12-17(18)13(3)4/h5,13-18H,1,6-12H2,2-4H3. The van der Waals surface area contributed by atoms with Crippen molar-refractivity contribution in [2.75, 3.05) is 0 Å². The molecular weight excluding hydrogens is 216 g/mol. The highest BCUT2D eigenvalue weighted by Crippen LogP contribution is 2.52. The molecule has 2 saturated carbocycles. The van der Waals surface area contributed by atoms with Gasteiger partial charge in [0.15, 0.2) is 0 Å². The van der Waals surface area contributed by atoms with Crippen LogP contribution in [0.5, 0.6) is 0 Å². The van der Waals surface area contributed by atoms with Gasteiger partial charge >= 0.3 is 0 Å². The van der Waals surface area contributed by atoms with E-state index < -0.39 is 0 Å². The van der Waals surface area contributed by atoms with E-state index in [1.54, 1.807) is 0 Å². The molecule has 3 atom stereocenters. The fraction of sp³-hybridized carbons (Fsp3) is 0.889. The second kappa shape index (κ2) is 6.26. The molecule has 104 valence electrons. The number of rotatable bonds is 8. The van der Waals surface area contributed by atoms with E-state index in [1.165, 1.54) is 44.9 Å². The lowest BCUT2D eigenvalue weighted by Crippen LogP contribution is -2.24. The maximum Gasteiger partial charge on any atom is -0.0325 e. The van der Waals surface area contributed by atoms with Crippen molar-refractivity contribution in [3.05, 3.63) is 12.7 Å². The highest BCUT2D eigenvalue weighted by Gasteiger charge is 2.43. The maximum atomic E-state index is 3.85. The molecule has 2 aliphatic carbocycles. The third kappa shape index (κ3) is 3.39. The van der Waals surface area contributed by atoms with Crippen LogP contribution in [0.25, 0.3) is 0 Å². The zero-order chi connectivity index (χ0) is 13.1. The fourth-order valence-corrected chi connectivity index (χ4v) is 4.25. The Labute approximate surface area is 114 Å². The van der Waals surface area contributed by atoms with Crippen LogP contribution in [0.1, 0.15) is 65.7 Å². The number of allylic oxidation sites excluding steroid dienone is 1. The van der Waals surface area contributed by atoms with E-state index in [0.717, 1.165) is 35.5 Å². The van der Waals surface area contributed by atoms with Gasteiger partial charge in [0.25, 0.3) is 0 Å². The maximum absolute atomic E-state index is 3.85. The highest BCUT2D eigenvalue weighted by atomic mass is 14.5. The van der Waals surface area contributed by atoms with Crippen molar-refractivity contribution in [1.29, 1.82) is 0 Å². The van der Waals surface area contributed by atoms with Gasteiger partial charge in [-0.05, 0) is 67.6 Å². The Balaban J connectivity index is 1.62. The lowest BCUT2D eigenvalue weighted by molar-refractivity contribution is 0.168. The first-order valence-corrected chi connectivity index (χ1v) is 8.26. The first-order chi connectivity index (χ1) is 8.65. The molecule has 0 amide bonds. The number of hydrogen-bond donors (Lipinski definition) is 0. The Morgan fingerprint density at radius 1 is 1.11 bits per heavy atom. The molecule has 0 aromatic heterocycles. The second-order valence-corrected chi connectivity index (χ2v) is 7.28. The Kier molecular flexibility index (Phi) is 4.92. The minimum Gasteiger partial charge on any atom is -0.103 e. The minimum atomic E-state index is 0.921. The monoisotopic (exact) mass is 248 g/mol. The van der Waals surface area contributed by atoms with Crippen LogP contribution in [0.4, 0.5) is 0 Å². The summed E-state index contributed by atoms with van der Waals surface area (Å²) in [5.41, 5.74) is 0. The van der Waals surface area contributed by atoms with Gasteiger partial charge in [-0.2, -0.15) is 0 Å². The molecule has 0 aliphatic heterocycles. The van der Waals surface area contributed by atoms with Crippen LogP contribution in [0.3, 0.4) is 0 Å². The highest BCUT2D eigenvalue weighted by molar-refractivity contribution is 4.93. The lowest BCUT2D eigenvalue weighted by Gasteiger charge is -2.35. The predicted molar refractivity (Wildman–Crippen MR) is 80.5 cm³/mol. The van der Waals surface area contributed by atoms with E-state index in [2.05, 4.69) is 33.4 Å². The summed E-state index contributed by atoms with van der Waals surface area (Å²) in [5.74, 6) is 6.14. The molecule has 0 aromatic rings. The molecule has 0 radical (unpaired) electrons. The topological polar surface area (TPSA) is 0 Å². The molecule has 0 heteroatoms. The molecule has 0 nitrogen and oxygen atoms in total. The quantitative estimate of drug-likeness (QED) is 0.484. The van der Waals surface area contributed by atoms with E-state index in [4.69, 9.17) is 0 Å². The normalized spacial score (nSPS) is 36.2. The zero-order valence-corrected chi connectivity index (χ0v) is 12.7. The molecule has 0 bridgehead atoms. The van der Waals surface area contributed by atoms with Crippen molar-refractivity contribution < 1.29 is 0 Å². The van der Waals surface area contributed by atoms with Gasteiger partial charge in [-0.15, -0.1) is 6.58 Å². The molecule has 0 spiro atoms. The van der Waals surface area contributed by atoms with Crippen LogP contribution in [0.15, 0.2) is 12.7 Å². The SMILES string of the molecule is C=CCC1CC(CCC(CC)C2CC2C(C)C)C1. The van der Waals surface area contributed by atoms with E-state index in [1.807, 2.05) is 0 Å². The smallest absolute Gasteiger partial charge is 0.0325 e. The molecular formula is C18H32. The summed E-state index contributed by atoms with van der Waals surface area (Å²) < 4.78 is 0. The van der Waals surface area contributed by atoms with Crippen molar-refractivity contribution in [1.82, 2.24) is 0 Å². The Morgan fingerprint density at radius 2 is 1.83 bits per heavy atom. The summed E-state index contributed by atoms with van der Waals surface area (Å²) >= 11 is 0. The first kappa shape index (κ1) is 14.2. The Hall–Kier alpha value is -0.260. The molecule has 2 fully saturated rings. The van der Waals surface area contributed by atoms with Gasteiger partial charge < -0.3 is 0 Å². The first-order valence-electron chi connectivity index (χ1n) is 8.26. The Bertz CT molecular complexity index is 259. The predicted octanol–water partition coefficient (Wildman–Crippen LogP) is 5.69. The summed E-state index contributed by atoms with van der Waals surface area (Å²) in [7, 11) is 0. The molecule has 18 heavy (non-hydrogen) atoms. The van der Waals surface area contributed by atoms with E-state index in [0.29, 0.717) is 0 Å². The van der Waals surface area contributed by atoms with Crippen molar-refractivity contribution in [3.8, 4) is 0 Å². The Morgan fingerprint density at radius 3 is 2.33 bits per heavy atom. The average Bonchev–Trinajstić information content (AvgIpc) is 3.06. The molecule has 2 rings (SSSR count). The van der Waals surface area contributed by atoms with Crippen molar-refractivity contribution in [2.24, 2.45) is 35.5 Å². The summed E-state index contributed by atoms with van der Waals surface area (Å²) in [6, 6.07) is 0. The van der Waals surface area contributed by atoms with Gasteiger partial charge in [0.2, 0.25) is 0 Å². The third-order valence-electron chi connectivity index (χ3n) is 5.66. The van der Waals surface area contributed by atoms with Crippen molar-refractivity contribution in [2.45, 2.75) is 65.7 Å². The average molecular weight is 248 g/mol. The van der Waals surface area contributed by atoms with Crippen LogP contribution < -0.4 is 0 Å². The van der Waals surface area contributed by atoms with Crippen molar-refractivity contribution >= 4 is 0 Å². The molecule has 0 N–H and O–H groups in total. The van der Waals surface area contributed by atoms with Crippen LogP contribution in [-0.4, -0.2) is 0 Å². The van der Waals surface area contributed by atoms with Crippen LogP contribution in [0.2, 0.25) is 0 Å². The molecule has 0 heterocycles.